The molecule has 0 amide bonds. The molecule has 0 bridgehead atoms. The van der Waals surface area contributed by atoms with Gasteiger partial charge in [0.1, 0.15) is 16.4 Å². The number of ether oxygens (including phenoxy) is 1. The molecule has 0 radical (unpaired) electrons. The molecule has 3 nitrogen and oxygen atoms in total. The Morgan fingerprint density at radius 3 is 2.50 bits per heavy atom. The predicted octanol–water partition coefficient (Wildman–Crippen LogP) is 6.82. The number of hydrogen-bond donors (Lipinski definition) is 0. The van der Waals surface area contributed by atoms with Crippen LogP contribution in [-0.2, 0) is 5.41 Å². The molecule has 4 rings (SSSR count). The molecule has 0 saturated carbocycles. The van der Waals surface area contributed by atoms with Gasteiger partial charge in [-0.2, -0.15) is 4.98 Å². The standard InChI is InChI=1S/C21H20N2OS2/c1-13-22-19(24-16-9-6-5-8-15(16)21(2,3)4)18-14(12-26-20(18)23-13)17-10-7-11-25-17/h5-12H,1-4H3. The Morgan fingerprint density at radius 1 is 0.962 bits per heavy atom. The van der Waals surface area contributed by atoms with Crippen LogP contribution in [0.25, 0.3) is 20.7 Å². The van der Waals surface area contributed by atoms with Gasteiger partial charge in [-0.3, -0.25) is 0 Å². The maximum Gasteiger partial charge on any atom is 0.232 e. The van der Waals surface area contributed by atoms with Gasteiger partial charge in [-0.15, -0.1) is 22.7 Å². The average molecular weight is 381 g/mol. The van der Waals surface area contributed by atoms with Crippen molar-refractivity contribution in [3.05, 3.63) is 58.5 Å². The first-order valence-corrected chi connectivity index (χ1v) is 10.3. The second kappa shape index (κ2) is 6.49. The molecule has 5 heteroatoms. The van der Waals surface area contributed by atoms with Crippen molar-refractivity contribution >= 4 is 32.9 Å². The van der Waals surface area contributed by atoms with Crippen molar-refractivity contribution in [1.82, 2.24) is 9.97 Å². The van der Waals surface area contributed by atoms with E-state index in [1.165, 1.54) is 4.88 Å². The van der Waals surface area contributed by atoms with Crippen LogP contribution in [-0.4, -0.2) is 9.97 Å². The number of benzene rings is 1. The van der Waals surface area contributed by atoms with E-state index in [1.807, 2.05) is 19.1 Å². The third kappa shape index (κ3) is 3.13. The molecule has 0 fully saturated rings. The monoisotopic (exact) mass is 380 g/mol. The Labute approximate surface area is 161 Å². The molecule has 0 spiro atoms. The van der Waals surface area contributed by atoms with Gasteiger partial charge in [0.15, 0.2) is 0 Å². The topological polar surface area (TPSA) is 35.0 Å². The molecule has 0 N–H and O–H groups in total. The van der Waals surface area contributed by atoms with Crippen molar-refractivity contribution in [2.24, 2.45) is 0 Å². The highest BCUT2D eigenvalue weighted by molar-refractivity contribution is 7.18. The first-order chi connectivity index (χ1) is 12.4. The third-order valence-electron chi connectivity index (χ3n) is 4.20. The molecule has 0 aliphatic heterocycles. The zero-order valence-corrected chi connectivity index (χ0v) is 16.9. The zero-order chi connectivity index (χ0) is 18.3. The van der Waals surface area contributed by atoms with Gasteiger partial charge in [-0.1, -0.05) is 45.0 Å². The minimum Gasteiger partial charge on any atom is -0.438 e. The van der Waals surface area contributed by atoms with Gasteiger partial charge in [0, 0.05) is 21.4 Å². The molecular formula is C21H20N2OS2. The summed E-state index contributed by atoms with van der Waals surface area (Å²) in [6, 6.07) is 12.4. The highest BCUT2D eigenvalue weighted by Gasteiger charge is 2.21. The predicted molar refractivity (Wildman–Crippen MR) is 111 cm³/mol. The third-order valence-corrected chi connectivity index (χ3v) is 5.98. The summed E-state index contributed by atoms with van der Waals surface area (Å²) < 4.78 is 6.39. The van der Waals surface area contributed by atoms with Crippen molar-refractivity contribution in [2.75, 3.05) is 0 Å². The van der Waals surface area contributed by atoms with Crippen LogP contribution in [0.5, 0.6) is 11.6 Å². The average Bonchev–Trinajstić information content (AvgIpc) is 3.23. The van der Waals surface area contributed by atoms with Crippen LogP contribution in [0.1, 0.15) is 32.2 Å². The highest BCUT2D eigenvalue weighted by atomic mass is 32.1. The van der Waals surface area contributed by atoms with Crippen molar-refractivity contribution in [3.8, 4) is 22.1 Å². The smallest absolute Gasteiger partial charge is 0.232 e. The van der Waals surface area contributed by atoms with Crippen molar-refractivity contribution < 1.29 is 4.74 Å². The van der Waals surface area contributed by atoms with Crippen LogP contribution in [0.2, 0.25) is 0 Å². The van der Waals surface area contributed by atoms with Gasteiger partial charge in [0.25, 0.3) is 0 Å². The highest BCUT2D eigenvalue weighted by Crippen LogP contribution is 2.42. The quantitative estimate of drug-likeness (QED) is 0.391. The number of aromatic nitrogens is 2. The number of nitrogens with zero attached hydrogens (tertiary/aromatic N) is 2. The van der Waals surface area contributed by atoms with Crippen LogP contribution < -0.4 is 4.74 Å². The maximum atomic E-state index is 6.39. The molecule has 132 valence electrons. The van der Waals surface area contributed by atoms with Gasteiger partial charge < -0.3 is 4.74 Å². The van der Waals surface area contributed by atoms with E-state index in [0.717, 1.165) is 32.9 Å². The van der Waals surface area contributed by atoms with Gasteiger partial charge >= 0.3 is 0 Å². The Kier molecular flexibility index (Phi) is 4.29. The summed E-state index contributed by atoms with van der Waals surface area (Å²) >= 11 is 3.35. The number of thiophene rings is 2. The van der Waals surface area contributed by atoms with Crippen LogP contribution in [0.15, 0.2) is 47.2 Å². The lowest BCUT2D eigenvalue weighted by atomic mass is 9.86. The van der Waals surface area contributed by atoms with Crippen LogP contribution >= 0.6 is 22.7 Å². The lowest BCUT2D eigenvalue weighted by Crippen LogP contribution is -2.12. The molecule has 0 unspecified atom stereocenters. The second-order valence-electron chi connectivity index (χ2n) is 7.23. The van der Waals surface area contributed by atoms with E-state index in [-0.39, 0.29) is 5.41 Å². The first-order valence-electron chi connectivity index (χ1n) is 8.50. The minimum atomic E-state index is -0.0109. The summed E-state index contributed by atoms with van der Waals surface area (Å²) in [5, 5.41) is 5.22. The molecule has 4 aromatic rings. The van der Waals surface area contributed by atoms with Crippen LogP contribution in [0.4, 0.5) is 0 Å². The summed E-state index contributed by atoms with van der Waals surface area (Å²) in [4.78, 5) is 11.4. The molecule has 3 heterocycles. The molecule has 0 saturated heterocycles. The number of hydrogen-bond acceptors (Lipinski definition) is 5. The number of aryl methyl sites for hydroxylation is 1. The molecule has 26 heavy (non-hydrogen) atoms. The molecular weight excluding hydrogens is 360 g/mol. The van der Waals surface area contributed by atoms with E-state index in [1.54, 1.807) is 22.7 Å². The largest absolute Gasteiger partial charge is 0.438 e. The summed E-state index contributed by atoms with van der Waals surface area (Å²) in [6.07, 6.45) is 0. The van der Waals surface area contributed by atoms with E-state index in [0.29, 0.717) is 5.88 Å². The Hall–Kier alpha value is -2.24. The number of fused-ring (bicyclic) bond motifs is 1. The summed E-state index contributed by atoms with van der Waals surface area (Å²) in [5.41, 5.74) is 2.30. The summed E-state index contributed by atoms with van der Waals surface area (Å²) in [6.45, 7) is 8.49. The van der Waals surface area contributed by atoms with E-state index >= 15 is 0 Å². The Balaban J connectivity index is 1.89. The minimum absolute atomic E-state index is 0.0109. The fourth-order valence-corrected chi connectivity index (χ4v) is 4.78. The molecule has 3 aromatic heterocycles. The van der Waals surface area contributed by atoms with Crippen LogP contribution in [0.3, 0.4) is 0 Å². The zero-order valence-electron chi connectivity index (χ0n) is 15.2. The van der Waals surface area contributed by atoms with E-state index in [9.17, 15) is 0 Å². The van der Waals surface area contributed by atoms with Crippen molar-refractivity contribution in [2.45, 2.75) is 33.1 Å². The Bertz CT molecular complexity index is 1060. The summed E-state index contributed by atoms with van der Waals surface area (Å²) in [5.74, 6) is 2.21. The van der Waals surface area contributed by atoms with Gasteiger partial charge in [-0.25, -0.2) is 4.98 Å². The van der Waals surface area contributed by atoms with E-state index in [4.69, 9.17) is 4.74 Å². The second-order valence-corrected chi connectivity index (χ2v) is 9.04. The maximum absolute atomic E-state index is 6.39. The lowest BCUT2D eigenvalue weighted by molar-refractivity contribution is 0.443. The number of para-hydroxylation sites is 1. The fourth-order valence-electron chi connectivity index (χ4n) is 2.98. The molecule has 0 aliphatic rings. The normalized spacial score (nSPS) is 11.8. The van der Waals surface area contributed by atoms with Gasteiger partial charge in [0.2, 0.25) is 5.88 Å². The van der Waals surface area contributed by atoms with Crippen molar-refractivity contribution in [3.63, 3.8) is 0 Å². The molecule has 0 aliphatic carbocycles. The van der Waals surface area contributed by atoms with Crippen molar-refractivity contribution in [1.29, 1.82) is 0 Å². The van der Waals surface area contributed by atoms with E-state index in [2.05, 4.69) is 65.8 Å². The van der Waals surface area contributed by atoms with Crippen LogP contribution in [0, 0.1) is 6.92 Å². The fraction of sp³-hybridized carbons (Fsp3) is 0.238. The van der Waals surface area contributed by atoms with Gasteiger partial charge in [-0.05, 0) is 29.9 Å². The lowest BCUT2D eigenvalue weighted by Gasteiger charge is -2.22. The molecule has 0 atom stereocenters. The first kappa shape index (κ1) is 17.2. The van der Waals surface area contributed by atoms with Gasteiger partial charge in [0.05, 0.1) is 5.39 Å². The SMILES string of the molecule is Cc1nc(Oc2ccccc2C(C)(C)C)c2c(-c3cccs3)csc2n1. The summed E-state index contributed by atoms with van der Waals surface area (Å²) in [7, 11) is 0. The van der Waals surface area contributed by atoms with E-state index < -0.39 is 0 Å². The number of rotatable bonds is 3. The molecule has 1 aromatic carbocycles. The Morgan fingerprint density at radius 2 is 1.77 bits per heavy atom.